The van der Waals surface area contributed by atoms with Gasteiger partial charge in [0.15, 0.2) is 0 Å². The molecule has 0 N–H and O–H groups in total. The van der Waals surface area contributed by atoms with Crippen molar-refractivity contribution in [3.63, 3.8) is 0 Å². The molecule has 0 bridgehead atoms. The molecule has 0 atom stereocenters. The van der Waals surface area contributed by atoms with Crippen molar-refractivity contribution in [1.29, 1.82) is 0 Å². The average Bonchev–Trinajstić information content (AvgIpc) is 1.70. The Balaban J connectivity index is 0.000000113. The van der Waals surface area contributed by atoms with Crippen molar-refractivity contribution in [3.8, 4) is 111 Å². The van der Waals surface area contributed by atoms with Gasteiger partial charge >= 0.3 is 0 Å². The highest BCUT2D eigenvalue weighted by molar-refractivity contribution is 6.30. The maximum Gasteiger partial charge on any atom is 0.143 e. The first-order valence-corrected chi connectivity index (χ1v) is 45.5. The van der Waals surface area contributed by atoms with Crippen LogP contribution in [0.2, 0.25) is 0 Å². The first-order valence-electron chi connectivity index (χ1n) is 45.5. The molecule has 3 nitrogen and oxygen atoms in total. The lowest BCUT2D eigenvalue weighted by Gasteiger charge is -2.19. The minimum atomic E-state index is -0.00965. The van der Waals surface area contributed by atoms with E-state index in [2.05, 4.69) is 490 Å². The van der Waals surface area contributed by atoms with E-state index in [9.17, 15) is 0 Å². The number of hydrogen-bond donors (Lipinski definition) is 0. The number of benzene rings is 22. The monoisotopic (exact) mass is 1680 g/mol. The van der Waals surface area contributed by atoms with Crippen LogP contribution in [0.25, 0.3) is 242 Å². The summed E-state index contributed by atoms with van der Waals surface area (Å²) in [5.41, 5.74) is 32.3. The summed E-state index contributed by atoms with van der Waals surface area (Å²) in [7, 11) is 0. The zero-order chi connectivity index (χ0) is 88.0. The lowest BCUT2D eigenvalue weighted by atomic mass is 9.84. The number of rotatable bonds is 10. The lowest BCUT2D eigenvalue weighted by molar-refractivity contribution is 0.573. The van der Waals surface area contributed by atoms with E-state index in [1.54, 1.807) is 0 Å². The van der Waals surface area contributed by atoms with Crippen molar-refractivity contribution in [3.05, 3.63) is 460 Å². The summed E-state index contributed by atoms with van der Waals surface area (Å²) >= 11 is 0. The number of furan rings is 3. The van der Waals surface area contributed by atoms with Crippen molar-refractivity contribution in [2.75, 3.05) is 0 Å². The van der Waals surface area contributed by atoms with Gasteiger partial charge in [0.1, 0.15) is 33.5 Å². The highest BCUT2D eigenvalue weighted by Crippen LogP contribution is 2.54. The van der Waals surface area contributed by atoms with Gasteiger partial charge < -0.3 is 13.3 Å². The molecule has 0 amide bonds. The Kier molecular flexibility index (Phi) is 19.8. The Labute approximate surface area is 762 Å². The van der Waals surface area contributed by atoms with Crippen molar-refractivity contribution in [2.45, 2.75) is 52.4 Å². The predicted octanol–water partition coefficient (Wildman–Crippen LogP) is 36.9. The molecule has 0 aliphatic carbocycles. The predicted molar refractivity (Wildman–Crippen MR) is 558 cm³/mol. The molecule has 0 saturated heterocycles. The van der Waals surface area contributed by atoms with Crippen LogP contribution in [0.15, 0.2) is 462 Å². The molecule has 25 rings (SSSR count). The fourth-order valence-electron chi connectivity index (χ4n) is 20.8. The van der Waals surface area contributed by atoms with Crippen LogP contribution < -0.4 is 0 Å². The molecule has 0 radical (unpaired) electrons. The lowest BCUT2D eigenvalue weighted by Crippen LogP contribution is -2.10. The number of para-hydroxylation sites is 3. The highest BCUT2D eigenvalue weighted by Gasteiger charge is 2.29. The van der Waals surface area contributed by atoms with Crippen LogP contribution in [0.3, 0.4) is 0 Å². The number of hydrogen-bond acceptors (Lipinski definition) is 3. The third-order valence-corrected chi connectivity index (χ3v) is 26.7. The van der Waals surface area contributed by atoms with Crippen molar-refractivity contribution >= 4 is 130 Å². The van der Waals surface area contributed by atoms with E-state index in [-0.39, 0.29) is 10.8 Å². The van der Waals surface area contributed by atoms with Crippen LogP contribution in [0.4, 0.5) is 0 Å². The fourth-order valence-corrected chi connectivity index (χ4v) is 20.8. The van der Waals surface area contributed by atoms with Gasteiger partial charge in [-0.3, -0.25) is 0 Å². The van der Waals surface area contributed by atoms with Gasteiger partial charge in [0, 0.05) is 49.0 Å². The second kappa shape index (κ2) is 32.6. The van der Waals surface area contributed by atoms with Crippen LogP contribution in [-0.2, 0) is 10.8 Å². The molecular weight excluding hydrogens is 1590 g/mol. The summed E-state index contributed by atoms with van der Waals surface area (Å²) in [5.74, 6) is 0. The molecular formula is C128H92O3. The molecule has 131 heavy (non-hydrogen) atoms. The van der Waals surface area contributed by atoms with E-state index in [0.717, 1.165) is 71.7 Å². The minimum absolute atomic E-state index is 0.00965. The summed E-state index contributed by atoms with van der Waals surface area (Å²) in [6, 6.07) is 162. The van der Waals surface area contributed by atoms with Crippen molar-refractivity contribution < 1.29 is 13.3 Å². The van der Waals surface area contributed by atoms with Crippen LogP contribution in [-0.4, -0.2) is 0 Å². The van der Waals surface area contributed by atoms with E-state index in [1.807, 2.05) is 0 Å². The summed E-state index contributed by atoms with van der Waals surface area (Å²) in [6.07, 6.45) is 0. The Morgan fingerprint density at radius 1 is 0.153 bits per heavy atom. The molecule has 0 unspecified atom stereocenters. The van der Waals surface area contributed by atoms with Crippen molar-refractivity contribution in [2.24, 2.45) is 0 Å². The summed E-state index contributed by atoms with van der Waals surface area (Å²) < 4.78 is 20.3. The van der Waals surface area contributed by atoms with Crippen LogP contribution in [0, 0.1) is 0 Å². The highest BCUT2D eigenvalue weighted by atomic mass is 16.3. The molecule has 0 spiro atoms. The minimum Gasteiger partial charge on any atom is -0.456 e. The molecule has 3 heteroatoms. The average molecular weight is 1680 g/mol. The van der Waals surface area contributed by atoms with Crippen LogP contribution in [0.5, 0.6) is 0 Å². The van der Waals surface area contributed by atoms with Crippen LogP contribution >= 0.6 is 0 Å². The zero-order valence-electron chi connectivity index (χ0n) is 73.9. The van der Waals surface area contributed by atoms with E-state index in [4.69, 9.17) is 13.3 Å². The quantitative estimate of drug-likeness (QED) is 0.128. The topological polar surface area (TPSA) is 39.4 Å². The summed E-state index contributed by atoms with van der Waals surface area (Å²) in [5, 5.41) is 21.9. The van der Waals surface area contributed by atoms with Gasteiger partial charge in [0.2, 0.25) is 0 Å². The third kappa shape index (κ3) is 13.8. The first-order chi connectivity index (χ1) is 64.3. The fraction of sp³-hybridized carbons (Fsp3) is 0.0625. The van der Waals surface area contributed by atoms with Gasteiger partial charge in [-0.1, -0.05) is 466 Å². The first kappa shape index (κ1) is 79.4. The van der Waals surface area contributed by atoms with Gasteiger partial charge in [0.05, 0.1) is 0 Å². The van der Waals surface area contributed by atoms with E-state index in [0.29, 0.717) is 0 Å². The summed E-state index contributed by atoms with van der Waals surface area (Å²) in [4.78, 5) is 0. The van der Waals surface area contributed by atoms with Crippen LogP contribution in [0.1, 0.15) is 52.7 Å². The standard InChI is InChI=1S/C50H32O.C42H32O.C36H28O/c1-4-16-33(17-5-1)36-30-31-37(34-18-6-2-7-19-34)45(32-36)42-26-14-28-44-49-43(27-15-29-46(49)51-50(42)44)48-40-24-12-10-22-38(40)47(35-20-8-3-9-21-35)39-23-11-13-25-41(39)48;1-42(2,3)29-25-23-27(24-26-29)30-19-11-21-36-40-35(20-12-22-37(40)43-41(30)36)39-33-17-9-7-15-31(33)38(28-13-5-4-6-14-28)32-16-8-10-18-34(32)39;1-36(2,3)30-21-11-20-29-34-28(19-12-22-31(34)37-35(29)30)33-26-17-9-7-15-24(26)32(23-13-5-4-6-14-23)25-16-8-10-18-27(25)33/h1-32H;4-26H,1-3H3;4-22H,1-3H3. The van der Waals surface area contributed by atoms with E-state index >= 15 is 0 Å². The Morgan fingerprint density at radius 3 is 0.763 bits per heavy atom. The van der Waals surface area contributed by atoms with Gasteiger partial charge in [-0.15, -0.1) is 0 Å². The SMILES string of the molecule is CC(C)(C)c1ccc(-c2cccc3c2oc2cccc(-c4c5ccccc5c(-c5ccccc5)c5ccccc45)c23)cc1.CC(C)(C)c1cccc2c1oc1cccc(-c3c4ccccc4c(-c4ccccc4)c4ccccc34)c12.c1ccc(-c2ccc(-c3ccccc3)c(-c3cccc4c3oc3cccc(-c5c6ccccc6c(-c6ccccc6)c6ccccc56)c34)c2)cc1. The normalized spacial score (nSPS) is 11.9. The van der Waals surface area contributed by atoms with Gasteiger partial charge in [-0.05, 0) is 205 Å². The molecule has 3 aromatic heterocycles. The molecule has 0 saturated carbocycles. The maximum atomic E-state index is 6.95. The zero-order valence-corrected chi connectivity index (χ0v) is 73.9. The molecule has 0 fully saturated rings. The number of fused-ring (bicyclic) bond motifs is 15. The second-order valence-electron chi connectivity index (χ2n) is 36.6. The molecule has 3 heterocycles. The Morgan fingerprint density at radius 2 is 0.412 bits per heavy atom. The molecule has 0 aliphatic heterocycles. The molecule has 25 aromatic rings. The third-order valence-electron chi connectivity index (χ3n) is 26.7. The smallest absolute Gasteiger partial charge is 0.143 e. The maximum absolute atomic E-state index is 6.95. The largest absolute Gasteiger partial charge is 0.456 e. The molecule has 622 valence electrons. The Bertz CT molecular complexity index is 8570. The molecule has 0 aliphatic rings. The van der Waals surface area contributed by atoms with E-state index < -0.39 is 0 Å². The molecule has 22 aromatic carbocycles. The van der Waals surface area contributed by atoms with Gasteiger partial charge in [0.25, 0.3) is 0 Å². The van der Waals surface area contributed by atoms with Crippen molar-refractivity contribution in [1.82, 2.24) is 0 Å². The van der Waals surface area contributed by atoms with Gasteiger partial charge in [-0.25, -0.2) is 0 Å². The Hall–Kier alpha value is -16.2. The van der Waals surface area contributed by atoms with E-state index in [1.165, 1.54) is 181 Å². The van der Waals surface area contributed by atoms with Gasteiger partial charge in [-0.2, -0.15) is 0 Å². The second-order valence-corrected chi connectivity index (χ2v) is 36.6. The summed E-state index contributed by atoms with van der Waals surface area (Å²) in [6.45, 7) is 13.5.